The zero-order valence-electron chi connectivity index (χ0n) is 16.4. The normalized spacial score (nSPS) is 17.4. The van der Waals surface area contributed by atoms with Crippen LogP contribution in [0.1, 0.15) is 26.5 Å². The van der Waals surface area contributed by atoms with Gasteiger partial charge in [0.05, 0.1) is 19.7 Å². The van der Waals surface area contributed by atoms with Crippen LogP contribution in [-0.4, -0.2) is 49.4 Å². The van der Waals surface area contributed by atoms with Gasteiger partial charge in [-0.05, 0) is 12.2 Å². The molecule has 12 heteroatoms. The summed E-state index contributed by atoms with van der Waals surface area (Å²) in [6, 6.07) is -0.344. The van der Waals surface area contributed by atoms with Crippen LogP contribution in [0.5, 0.6) is 5.75 Å². The number of nitrogen functional groups attached to an aromatic ring is 1. The summed E-state index contributed by atoms with van der Waals surface area (Å²) in [6.45, 7) is 5.91. The number of likely N-dealkylation sites (N-methyl/N-ethyl adjacent to an activating group) is 1. The van der Waals surface area contributed by atoms with Gasteiger partial charge in [0.2, 0.25) is 0 Å². The van der Waals surface area contributed by atoms with Gasteiger partial charge in [0, 0.05) is 18.7 Å². The third kappa shape index (κ3) is 4.95. The van der Waals surface area contributed by atoms with Crippen molar-refractivity contribution in [2.75, 3.05) is 19.9 Å². The fraction of sp³-hybridized carbons (Fsp3) is 0.500. The highest BCUT2D eigenvalue weighted by molar-refractivity contribution is 7.82. The van der Waals surface area contributed by atoms with Crippen molar-refractivity contribution in [1.29, 1.82) is 0 Å². The SMILES string of the molecule is COS(=O)(=O)OC1=CC(Cn2nc(C(C)(C)C)c(OC(N)=O)c2N)N(C)C=C1. The molecule has 1 aliphatic rings. The molecule has 0 aromatic carbocycles. The summed E-state index contributed by atoms with van der Waals surface area (Å²) >= 11 is 0. The number of nitrogens with two attached hydrogens (primary N) is 2. The molecule has 1 amide bonds. The lowest BCUT2D eigenvalue weighted by Gasteiger charge is -2.27. The molecule has 156 valence electrons. The molecule has 0 saturated heterocycles. The molecule has 4 N–H and O–H groups in total. The fourth-order valence-corrected chi connectivity index (χ4v) is 2.93. The molecule has 0 saturated carbocycles. The second kappa shape index (κ2) is 7.72. The number of carbonyl (C=O) groups excluding carboxylic acids is 1. The first-order chi connectivity index (χ1) is 12.8. The molecule has 2 rings (SSSR count). The molecule has 1 aromatic rings. The highest BCUT2D eigenvalue weighted by atomic mass is 32.3. The second-order valence-electron chi connectivity index (χ2n) is 7.19. The minimum atomic E-state index is -4.13. The Hall–Kier alpha value is -2.73. The van der Waals surface area contributed by atoms with E-state index in [1.807, 2.05) is 25.7 Å². The predicted molar refractivity (Wildman–Crippen MR) is 101 cm³/mol. The molecule has 0 radical (unpaired) electrons. The average Bonchev–Trinajstić information content (AvgIpc) is 2.87. The first-order valence-corrected chi connectivity index (χ1v) is 9.63. The summed E-state index contributed by atoms with van der Waals surface area (Å²) in [6.07, 6.45) is 3.73. The van der Waals surface area contributed by atoms with Crippen LogP contribution in [0, 0.1) is 0 Å². The van der Waals surface area contributed by atoms with Crippen LogP contribution in [0.2, 0.25) is 0 Å². The van der Waals surface area contributed by atoms with Crippen LogP contribution in [0.25, 0.3) is 0 Å². The van der Waals surface area contributed by atoms with E-state index in [1.165, 1.54) is 10.8 Å². The van der Waals surface area contributed by atoms with Crippen LogP contribution in [0.3, 0.4) is 0 Å². The van der Waals surface area contributed by atoms with Crippen molar-refractivity contribution in [2.24, 2.45) is 5.73 Å². The summed E-state index contributed by atoms with van der Waals surface area (Å²) in [5.74, 6) is 0.337. The maximum absolute atomic E-state index is 11.5. The number of hydrogen-bond donors (Lipinski definition) is 2. The van der Waals surface area contributed by atoms with Gasteiger partial charge < -0.3 is 25.3 Å². The van der Waals surface area contributed by atoms with E-state index in [4.69, 9.17) is 20.4 Å². The van der Waals surface area contributed by atoms with E-state index in [2.05, 4.69) is 9.28 Å². The topological polar surface area (TPSA) is 152 Å². The van der Waals surface area contributed by atoms with Crippen molar-refractivity contribution in [3.63, 3.8) is 0 Å². The van der Waals surface area contributed by atoms with Crippen LogP contribution in [0.4, 0.5) is 10.6 Å². The number of hydrogen-bond acceptors (Lipinski definition) is 9. The standard InChI is InChI=1S/C16H25N5O6S/c1-16(2,3)13-12(26-15(18)22)14(17)21(19-13)9-10-8-11(6-7-20(10)4)27-28(23,24)25-5/h6-8,10H,9,17H2,1-5H3,(H2,18,22). The lowest BCUT2D eigenvalue weighted by Crippen LogP contribution is -2.33. The van der Waals surface area contributed by atoms with E-state index >= 15 is 0 Å². The zero-order valence-corrected chi connectivity index (χ0v) is 17.2. The molecule has 1 aromatic heterocycles. The van der Waals surface area contributed by atoms with Gasteiger partial charge in [0.25, 0.3) is 0 Å². The Morgan fingerprint density at radius 1 is 1.36 bits per heavy atom. The number of ether oxygens (including phenoxy) is 1. The maximum atomic E-state index is 11.5. The number of rotatable bonds is 6. The summed E-state index contributed by atoms with van der Waals surface area (Å²) in [5, 5.41) is 4.47. The summed E-state index contributed by atoms with van der Waals surface area (Å²) in [4.78, 5) is 13.1. The van der Waals surface area contributed by atoms with Crippen molar-refractivity contribution >= 4 is 22.3 Å². The largest absolute Gasteiger partial charge is 0.448 e. The number of primary amides is 1. The van der Waals surface area contributed by atoms with Gasteiger partial charge >= 0.3 is 16.5 Å². The number of carbonyl (C=O) groups is 1. The van der Waals surface area contributed by atoms with Gasteiger partial charge in [-0.15, -0.1) is 0 Å². The van der Waals surface area contributed by atoms with Gasteiger partial charge in [-0.3, -0.25) is 0 Å². The summed E-state index contributed by atoms with van der Waals surface area (Å²) in [7, 11) is -1.33. The van der Waals surface area contributed by atoms with E-state index in [1.54, 1.807) is 19.3 Å². The molecule has 0 bridgehead atoms. The maximum Gasteiger partial charge on any atom is 0.448 e. The lowest BCUT2D eigenvalue weighted by atomic mass is 9.92. The quantitative estimate of drug-likeness (QED) is 0.688. The van der Waals surface area contributed by atoms with Gasteiger partial charge in [-0.25, -0.2) is 13.7 Å². The summed E-state index contributed by atoms with van der Waals surface area (Å²) in [5.41, 5.74) is 11.3. The number of allylic oxidation sites excluding steroid dienone is 1. The first kappa shape index (κ1) is 21.6. The molecule has 2 heterocycles. The van der Waals surface area contributed by atoms with Crippen molar-refractivity contribution in [1.82, 2.24) is 14.7 Å². The molecule has 1 atom stereocenters. The molecule has 11 nitrogen and oxygen atoms in total. The predicted octanol–water partition coefficient (Wildman–Crippen LogP) is 0.840. The zero-order chi connectivity index (χ0) is 21.3. The number of nitrogens with zero attached hydrogens (tertiary/aromatic N) is 3. The van der Waals surface area contributed by atoms with E-state index in [-0.39, 0.29) is 29.9 Å². The van der Waals surface area contributed by atoms with E-state index < -0.39 is 21.9 Å². The minimum absolute atomic E-state index is 0.0975. The van der Waals surface area contributed by atoms with Crippen LogP contribution in [0.15, 0.2) is 24.1 Å². The molecule has 1 unspecified atom stereocenters. The van der Waals surface area contributed by atoms with Crippen molar-refractivity contribution < 1.29 is 26.3 Å². The Bertz CT molecular complexity index is 913. The molecule has 0 fully saturated rings. The Morgan fingerprint density at radius 3 is 2.54 bits per heavy atom. The molecular weight excluding hydrogens is 390 g/mol. The molecule has 0 spiro atoms. The second-order valence-corrected chi connectivity index (χ2v) is 8.51. The third-order valence-corrected chi connectivity index (χ3v) is 4.78. The van der Waals surface area contributed by atoms with Crippen molar-refractivity contribution in [2.45, 2.75) is 38.8 Å². The van der Waals surface area contributed by atoms with Gasteiger partial charge in [0.1, 0.15) is 11.5 Å². The Balaban J connectivity index is 2.36. The Kier molecular flexibility index (Phi) is 5.94. The third-order valence-electron chi connectivity index (χ3n) is 3.98. The smallest absolute Gasteiger partial charge is 0.404 e. The van der Waals surface area contributed by atoms with Gasteiger partial charge in [0.15, 0.2) is 11.6 Å². The Labute approximate surface area is 163 Å². The van der Waals surface area contributed by atoms with E-state index in [9.17, 15) is 13.2 Å². The number of anilines is 1. The molecule has 28 heavy (non-hydrogen) atoms. The average molecular weight is 415 g/mol. The van der Waals surface area contributed by atoms with Crippen molar-refractivity contribution in [3.05, 3.63) is 29.8 Å². The van der Waals surface area contributed by atoms with Crippen LogP contribution < -0.4 is 16.2 Å². The van der Waals surface area contributed by atoms with E-state index in [0.717, 1.165) is 7.11 Å². The lowest BCUT2D eigenvalue weighted by molar-refractivity contribution is 0.210. The Morgan fingerprint density at radius 2 is 2.00 bits per heavy atom. The highest BCUT2D eigenvalue weighted by Crippen LogP contribution is 2.35. The van der Waals surface area contributed by atoms with E-state index in [0.29, 0.717) is 5.69 Å². The fourth-order valence-electron chi connectivity index (χ4n) is 2.52. The minimum Gasteiger partial charge on any atom is -0.404 e. The van der Waals surface area contributed by atoms with Gasteiger partial charge in [-0.2, -0.15) is 13.5 Å². The molecule has 0 aliphatic carbocycles. The first-order valence-electron chi connectivity index (χ1n) is 8.30. The van der Waals surface area contributed by atoms with Crippen LogP contribution in [-0.2, 0) is 30.7 Å². The summed E-state index contributed by atoms with van der Waals surface area (Å²) < 4.78 is 38.7. The highest BCUT2D eigenvalue weighted by Gasteiger charge is 2.30. The van der Waals surface area contributed by atoms with Crippen LogP contribution >= 0.6 is 0 Å². The molecular formula is C16H25N5O6S. The van der Waals surface area contributed by atoms with Crippen molar-refractivity contribution in [3.8, 4) is 5.75 Å². The number of amides is 1. The van der Waals surface area contributed by atoms with Gasteiger partial charge in [-0.1, -0.05) is 20.8 Å². The number of aromatic nitrogens is 2. The monoisotopic (exact) mass is 415 g/mol. The molecule has 1 aliphatic heterocycles.